The summed E-state index contributed by atoms with van der Waals surface area (Å²) in [6.07, 6.45) is 0.468. The maximum atomic E-state index is 10.9. The van der Waals surface area contributed by atoms with Gasteiger partial charge in [0, 0.05) is 18.0 Å². The lowest BCUT2D eigenvalue weighted by molar-refractivity contribution is -0.138. The summed E-state index contributed by atoms with van der Waals surface area (Å²) in [6, 6.07) is 22.9. The van der Waals surface area contributed by atoms with Crippen LogP contribution in [0.5, 0.6) is 17.2 Å². The summed E-state index contributed by atoms with van der Waals surface area (Å²) in [5.41, 5.74) is 2.00. The lowest BCUT2D eigenvalue weighted by atomic mass is 10.1. The minimum atomic E-state index is -0.841. The zero-order valence-electron chi connectivity index (χ0n) is 17.6. The van der Waals surface area contributed by atoms with E-state index in [0.717, 1.165) is 16.9 Å². The Hall–Kier alpha value is -3.02. The molecule has 0 aliphatic rings. The van der Waals surface area contributed by atoms with Crippen LogP contribution < -0.4 is 9.47 Å². The third kappa shape index (κ3) is 7.02. The first kappa shape index (κ1) is 22.7. The van der Waals surface area contributed by atoms with E-state index in [0.29, 0.717) is 29.5 Å². The van der Waals surface area contributed by atoms with Gasteiger partial charge in [-0.15, -0.1) is 0 Å². The summed E-state index contributed by atoms with van der Waals surface area (Å²) in [7, 11) is 1.80. The number of benzene rings is 3. The standard InChI is InChI=1S/C25H26ClNO4/c1-18-16-22(30-21-10-8-20(26)9-11-21)12-13-23(18)31-24(19-6-4-3-5-7-19)14-15-27(2)17-25(28)29/h3-13,16,24H,14-15,17H2,1-2H3,(H,28,29). The molecule has 0 aromatic heterocycles. The number of aliphatic carboxylic acids is 1. The number of hydrogen-bond donors (Lipinski definition) is 1. The maximum absolute atomic E-state index is 10.9. The summed E-state index contributed by atoms with van der Waals surface area (Å²) in [4.78, 5) is 12.7. The molecular weight excluding hydrogens is 414 g/mol. The molecule has 6 heteroatoms. The second kappa shape index (κ2) is 10.8. The van der Waals surface area contributed by atoms with Crippen LogP contribution in [0.25, 0.3) is 0 Å². The van der Waals surface area contributed by atoms with Crippen molar-refractivity contribution in [1.82, 2.24) is 4.90 Å². The Morgan fingerprint density at radius 3 is 2.35 bits per heavy atom. The van der Waals surface area contributed by atoms with Gasteiger partial charge in [-0.05, 0) is 67.6 Å². The van der Waals surface area contributed by atoms with Gasteiger partial charge in [-0.3, -0.25) is 9.69 Å². The topological polar surface area (TPSA) is 59.0 Å². The van der Waals surface area contributed by atoms with Crippen molar-refractivity contribution >= 4 is 17.6 Å². The molecule has 3 aromatic rings. The van der Waals surface area contributed by atoms with Crippen LogP contribution in [0.2, 0.25) is 5.02 Å². The zero-order valence-corrected chi connectivity index (χ0v) is 18.4. The van der Waals surface area contributed by atoms with E-state index in [2.05, 4.69) is 0 Å². The number of rotatable bonds is 10. The normalized spacial score (nSPS) is 11.9. The summed E-state index contributed by atoms with van der Waals surface area (Å²) in [5.74, 6) is 1.34. The molecule has 0 heterocycles. The Morgan fingerprint density at radius 1 is 1.03 bits per heavy atom. The molecule has 0 fully saturated rings. The van der Waals surface area contributed by atoms with Crippen LogP contribution in [0.3, 0.4) is 0 Å². The van der Waals surface area contributed by atoms with E-state index in [1.165, 1.54) is 0 Å². The van der Waals surface area contributed by atoms with Gasteiger partial charge < -0.3 is 14.6 Å². The Labute approximate surface area is 187 Å². The number of hydrogen-bond acceptors (Lipinski definition) is 4. The van der Waals surface area contributed by atoms with E-state index in [-0.39, 0.29) is 12.6 Å². The van der Waals surface area contributed by atoms with Crippen molar-refractivity contribution in [1.29, 1.82) is 0 Å². The first-order valence-electron chi connectivity index (χ1n) is 10.1. The van der Waals surface area contributed by atoms with Crippen LogP contribution in [0.4, 0.5) is 0 Å². The summed E-state index contributed by atoms with van der Waals surface area (Å²) in [5, 5.41) is 9.65. The number of aryl methyl sites for hydroxylation is 1. The largest absolute Gasteiger partial charge is 0.485 e. The number of carboxylic acids is 1. The number of halogens is 1. The van der Waals surface area contributed by atoms with Crippen molar-refractivity contribution in [2.45, 2.75) is 19.4 Å². The van der Waals surface area contributed by atoms with Crippen LogP contribution in [0, 0.1) is 6.92 Å². The van der Waals surface area contributed by atoms with Gasteiger partial charge in [0.15, 0.2) is 0 Å². The van der Waals surface area contributed by atoms with E-state index in [1.54, 1.807) is 24.1 Å². The lowest BCUT2D eigenvalue weighted by Gasteiger charge is -2.23. The molecule has 0 amide bonds. The van der Waals surface area contributed by atoms with Crippen molar-refractivity contribution in [3.63, 3.8) is 0 Å². The molecule has 1 N–H and O–H groups in total. The van der Waals surface area contributed by atoms with Gasteiger partial charge in [-0.1, -0.05) is 41.9 Å². The van der Waals surface area contributed by atoms with Crippen molar-refractivity contribution < 1.29 is 19.4 Å². The van der Waals surface area contributed by atoms with Crippen molar-refractivity contribution in [3.05, 3.63) is 88.9 Å². The number of carboxylic acid groups (broad SMARTS) is 1. The lowest BCUT2D eigenvalue weighted by Crippen LogP contribution is -2.28. The minimum Gasteiger partial charge on any atom is -0.485 e. The third-order valence-electron chi connectivity index (χ3n) is 4.81. The fraction of sp³-hybridized carbons (Fsp3) is 0.240. The zero-order chi connectivity index (χ0) is 22.2. The second-order valence-corrected chi connectivity index (χ2v) is 7.86. The van der Waals surface area contributed by atoms with E-state index in [1.807, 2.05) is 67.6 Å². The Morgan fingerprint density at radius 2 is 1.71 bits per heavy atom. The van der Waals surface area contributed by atoms with Crippen LogP contribution in [-0.4, -0.2) is 36.1 Å². The van der Waals surface area contributed by atoms with Gasteiger partial charge >= 0.3 is 5.97 Å². The number of ether oxygens (including phenoxy) is 2. The SMILES string of the molecule is Cc1cc(Oc2ccc(Cl)cc2)ccc1OC(CCN(C)CC(=O)O)c1ccccc1. The molecule has 0 saturated heterocycles. The van der Waals surface area contributed by atoms with Gasteiger partial charge in [0.1, 0.15) is 23.4 Å². The number of likely N-dealkylation sites (N-methyl/N-ethyl adjacent to an activating group) is 1. The van der Waals surface area contributed by atoms with Crippen LogP contribution >= 0.6 is 11.6 Å². The highest BCUT2D eigenvalue weighted by Gasteiger charge is 2.17. The van der Waals surface area contributed by atoms with E-state index < -0.39 is 5.97 Å². The summed E-state index contributed by atoms with van der Waals surface area (Å²) in [6.45, 7) is 2.57. The number of carbonyl (C=O) groups is 1. The first-order valence-corrected chi connectivity index (χ1v) is 10.4. The van der Waals surface area contributed by atoms with Crippen molar-refractivity contribution in [2.75, 3.05) is 20.1 Å². The Bertz CT molecular complexity index is 992. The first-order chi connectivity index (χ1) is 14.9. The average Bonchev–Trinajstić information content (AvgIpc) is 2.74. The Kier molecular flexibility index (Phi) is 7.93. The summed E-state index contributed by atoms with van der Waals surface area (Å²) >= 11 is 5.93. The van der Waals surface area contributed by atoms with Crippen molar-refractivity contribution in [3.8, 4) is 17.2 Å². The van der Waals surface area contributed by atoms with Crippen LogP contribution in [-0.2, 0) is 4.79 Å². The summed E-state index contributed by atoms with van der Waals surface area (Å²) < 4.78 is 12.3. The predicted molar refractivity (Wildman–Crippen MR) is 122 cm³/mol. The highest BCUT2D eigenvalue weighted by atomic mass is 35.5. The molecule has 31 heavy (non-hydrogen) atoms. The fourth-order valence-electron chi connectivity index (χ4n) is 3.22. The highest BCUT2D eigenvalue weighted by molar-refractivity contribution is 6.30. The predicted octanol–water partition coefficient (Wildman–Crippen LogP) is 5.97. The molecule has 3 rings (SSSR count). The van der Waals surface area contributed by atoms with Gasteiger partial charge in [-0.2, -0.15) is 0 Å². The van der Waals surface area contributed by atoms with Gasteiger partial charge in [-0.25, -0.2) is 0 Å². The van der Waals surface area contributed by atoms with E-state index in [9.17, 15) is 4.79 Å². The molecular formula is C25H26ClNO4. The molecule has 0 saturated carbocycles. The molecule has 0 bridgehead atoms. The van der Waals surface area contributed by atoms with E-state index in [4.69, 9.17) is 26.2 Å². The molecule has 162 valence electrons. The van der Waals surface area contributed by atoms with Crippen molar-refractivity contribution in [2.24, 2.45) is 0 Å². The molecule has 1 atom stereocenters. The Balaban J connectivity index is 1.72. The quantitative estimate of drug-likeness (QED) is 0.422. The highest BCUT2D eigenvalue weighted by Crippen LogP contribution is 2.32. The second-order valence-electron chi connectivity index (χ2n) is 7.42. The average molecular weight is 440 g/mol. The molecule has 0 aliphatic carbocycles. The molecule has 5 nitrogen and oxygen atoms in total. The molecule has 0 aliphatic heterocycles. The maximum Gasteiger partial charge on any atom is 0.317 e. The van der Waals surface area contributed by atoms with Gasteiger partial charge in [0.2, 0.25) is 0 Å². The smallest absolute Gasteiger partial charge is 0.317 e. The van der Waals surface area contributed by atoms with Crippen LogP contribution in [0.1, 0.15) is 23.7 Å². The van der Waals surface area contributed by atoms with Crippen LogP contribution in [0.15, 0.2) is 72.8 Å². The molecule has 0 radical (unpaired) electrons. The third-order valence-corrected chi connectivity index (χ3v) is 5.07. The fourth-order valence-corrected chi connectivity index (χ4v) is 3.34. The number of nitrogens with zero attached hydrogens (tertiary/aromatic N) is 1. The monoisotopic (exact) mass is 439 g/mol. The van der Waals surface area contributed by atoms with Gasteiger partial charge in [0.05, 0.1) is 6.54 Å². The van der Waals surface area contributed by atoms with E-state index >= 15 is 0 Å². The van der Waals surface area contributed by atoms with Gasteiger partial charge in [0.25, 0.3) is 0 Å². The molecule has 3 aromatic carbocycles. The molecule has 0 spiro atoms. The molecule has 1 unspecified atom stereocenters. The minimum absolute atomic E-state index is 0.00271.